The minimum atomic E-state index is -1.50. The molecule has 0 heterocycles. The maximum Gasteiger partial charge on any atom is 0.361 e. The summed E-state index contributed by atoms with van der Waals surface area (Å²) in [5.41, 5.74) is 0. The third-order valence-electron chi connectivity index (χ3n) is 11.0. The Morgan fingerprint density at radius 2 is 0.900 bits per heavy atom. The van der Waals surface area contributed by atoms with E-state index in [1.165, 1.54) is 154 Å². The Morgan fingerprint density at radius 1 is 0.500 bits per heavy atom. The molecule has 0 aliphatic carbocycles. The van der Waals surface area contributed by atoms with E-state index in [4.69, 9.17) is 18.9 Å². The van der Waals surface area contributed by atoms with Gasteiger partial charge in [-0.2, -0.15) is 0 Å². The van der Waals surface area contributed by atoms with E-state index in [1.807, 2.05) is 21.1 Å². The van der Waals surface area contributed by atoms with E-state index in [0.29, 0.717) is 17.4 Å². The Labute approximate surface area is 369 Å². The lowest BCUT2D eigenvalue weighted by Crippen LogP contribution is -2.40. The Balaban J connectivity index is 4.21. The molecule has 0 rings (SSSR count). The van der Waals surface area contributed by atoms with Gasteiger partial charge in [0.05, 0.1) is 34.4 Å². The maximum absolute atomic E-state index is 12.8. The van der Waals surface area contributed by atoms with Gasteiger partial charge in [-0.25, -0.2) is 4.79 Å². The Hall–Kier alpha value is -2.23. The highest BCUT2D eigenvalue weighted by Gasteiger charge is 2.25. The highest BCUT2D eigenvalue weighted by molar-refractivity contribution is 5.71. The summed E-state index contributed by atoms with van der Waals surface area (Å²) in [7, 11) is 5.96. The topological polar surface area (TPSA) is 108 Å². The molecule has 0 saturated carbocycles. The summed E-state index contributed by atoms with van der Waals surface area (Å²) >= 11 is 0. The molecule has 1 N–H and O–H groups in total. The number of nitrogens with zero attached hydrogens (tertiary/aromatic N) is 1. The van der Waals surface area contributed by atoms with Gasteiger partial charge >= 0.3 is 17.9 Å². The first-order valence-corrected chi connectivity index (χ1v) is 25.0. The normalized spacial score (nSPS) is 13.0. The third-order valence-corrected chi connectivity index (χ3v) is 11.0. The molecule has 2 unspecified atom stereocenters. The van der Waals surface area contributed by atoms with Crippen LogP contribution in [0.1, 0.15) is 226 Å². The molecule has 60 heavy (non-hydrogen) atoms. The van der Waals surface area contributed by atoms with Crippen molar-refractivity contribution in [1.29, 1.82) is 0 Å². The molecule has 2 atom stereocenters. The van der Waals surface area contributed by atoms with Crippen molar-refractivity contribution in [3.05, 3.63) is 24.3 Å². The van der Waals surface area contributed by atoms with Crippen LogP contribution >= 0.6 is 0 Å². The monoisotopic (exact) mass is 851 g/mol. The minimum absolute atomic E-state index is 0.178. The molecule has 352 valence electrons. The van der Waals surface area contributed by atoms with Crippen molar-refractivity contribution in [2.24, 2.45) is 0 Å². The number of hydrogen-bond donors (Lipinski definition) is 1. The van der Waals surface area contributed by atoms with Gasteiger partial charge in [0.15, 0.2) is 6.10 Å². The van der Waals surface area contributed by atoms with Gasteiger partial charge in [0.2, 0.25) is 0 Å². The SMILES string of the molecule is CCCCCCC/C=C\C/C=C\CCCCCCCCCCCCCCCC(=O)OC(COC(=O)CCCCCCCCCCCC)COC(OCC[N+](C)(C)C)C(=O)O. The minimum Gasteiger partial charge on any atom is -0.477 e. The fourth-order valence-electron chi connectivity index (χ4n) is 7.04. The Kier molecular flexibility index (Phi) is 41.8. The lowest BCUT2D eigenvalue weighted by atomic mass is 10.0. The number of hydrogen-bond acceptors (Lipinski definition) is 7. The molecular formula is C51H96NO8+. The molecule has 0 aromatic heterocycles. The molecule has 0 aromatic rings. The molecule has 0 radical (unpaired) electrons. The molecule has 0 fully saturated rings. The van der Waals surface area contributed by atoms with Gasteiger partial charge in [-0.1, -0.05) is 192 Å². The zero-order valence-electron chi connectivity index (χ0n) is 39.9. The molecule has 9 nitrogen and oxygen atoms in total. The predicted molar refractivity (Wildman–Crippen MR) is 249 cm³/mol. The first-order valence-electron chi connectivity index (χ1n) is 25.0. The lowest BCUT2D eigenvalue weighted by molar-refractivity contribution is -0.870. The highest BCUT2D eigenvalue weighted by atomic mass is 16.7. The number of allylic oxidation sites excluding steroid dienone is 4. The second kappa shape index (κ2) is 43.4. The smallest absolute Gasteiger partial charge is 0.361 e. The molecule has 0 aliphatic heterocycles. The number of ether oxygens (including phenoxy) is 4. The van der Waals surface area contributed by atoms with Crippen molar-refractivity contribution in [3.8, 4) is 0 Å². The van der Waals surface area contributed by atoms with Gasteiger partial charge in [-0.15, -0.1) is 0 Å². The fourth-order valence-corrected chi connectivity index (χ4v) is 7.04. The molecule has 0 amide bonds. The summed E-state index contributed by atoms with van der Waals surface area (Å²) in [6, 6.07) is 0. The summed E-state index contributed by atoms with van der Waals surface area (Å²) in [5.74, 6) is -2.00. The zero-order chi connectivity index (χ0) is 44.2. The molecule has 0 bridgehead atoms. The standard InChI is InChI=1S/C51H95NO8/c1-6-8-10-12-14-16-18-19-20-21-22-23-24-25-26-27-28-29-30-31-32-34-36-38-40-42-49(54)60-47(46-59-51(50(55)56)57-44-43-52(3,4)5)45-58-48(53)41-39-37-35-33-17-15-13-11-9-7-2/h18-19,21-22,47,51H,6-17,20,23-46H2,1-5H3/p+1/b19-18-,22-21-. The van der Waals surface area contributed by atoms with Gasteiger partial charge in [0.1, 0.15) is 13.2 Å². The number of unbranched alkanes of at least 4 members (excludes halogenated alkanes) is 27. The predicted octanol–water partition coefficient (Wildman–Crippen LogP) is 13.6. The summed E-state index contributed by atoms with van der Waals surface area (Å²) in [5, 5.41) is 9.64. The van der Waals surface area contributed by atoms with Crippen molar-refractivity contribution in [2.75, 3.05) is 47.5 Å². The second-order valence-electron chi connectivity index (χ2n) is 18.1. The number of esters is 2. The number of carboxylic acids is 1. The number of rotatable bonds is 46. The van der Waals surface area contributed by atoms with Crippen LogP contribution in [0.4, 0.5) is 0 Å². The maximum atomic E-state index is 12.8. The van der Waals surface area contributed by atoms with Crippen LogP contribution in [-0.2, 0) is 33.3 Å². The number of carbonyl (C=O) groups excluding carboxylic acids is 2. The zero-order valence-corrected chi connectivity index (χ0v) is 39.9. The van der Waals surface area contributed by atoms with Crippen molar-refractivity contribution in [2.45, 2.75) is 238 Å². The summed E-state index contributed by atoms with van der Waals surface area (Å²) in [6.45, 7) is 4.86. The summed E-state index contributed by atoms with van der Waals surface area (Å²) < 4.78 is 22.7. The van der Waals surface area contributed by atoms with E-state index in [1.54, 1.807) is 0 Å². The van der Waals surface area contributed by atoms with Crippen LogP contribution in [-0.4, -0.2) is 87.4 Å². The first kappa shape index (κ1) is 57.8. The van der Waals surface area contributed by atoms with E-state index in [2.05, 4.69) is 38.2 Å². The van der Waals surface area contributed by atoms with Crippen molar-refractivity contribution < 1.29 is 42.9 Å². The fraction of sp³-hybridized carbons (Fsp3) is 0.863. The number of likely N-dealkylation sites (N-methyl/N-ethyl adjacent to an activating group) is 1. The van der Waals surface area contributed by atoms with Crippen LogP contribution < -0.4 is 0 Å². The quantitative estimate of drug-likeness (QED) is 0.0212. The second-order valence-corrected chi connectivity index (χ2v) is 18.1. The van der Waals surface area contributed by atoms with E-state index >= 15 is 0 Å². The number of aliphatic carboxylic acids is 1. The molecule has 0 spiro atoms. The molecule has 9 heteroatoms. The summed E-state index contributed by atoms with van der Waals surface area (Å²) in [4.78, 5) is 37.1. The molecular weight excluding hydrogens is 755 g/mol. The van der Waals surface area contributed by atoms with Crippen LogP contribution in [0.5, 0.6) is 0 Å². The van der Waals surface area contributed by atoms with Crippen LogP contribution in [0, 0.1) is 0 Å². The van der Waals surface area contributed by atoms with Gasteiger partial charge < -0.3 is 28.5 Å². The number of carboxylic acid groups (broad SMARTS) is 1. The van der Waals surface area contributed by atoms with E-state index in [-0.39, 0.29) is 32.2 Å². The number of quaternary nitrogens is 1. The average Bonchev–Trinajstić information content (AvgIpc) is 3.21. The van der Waals surface area contributed by atoms with E-state index in [9.17, 15) is 19.5 Å². The van der Waals surface area contributed by atoms with Crippen LogP contribution in [0.15, 0.2) is 24.3 Å². The molecule has 0 aliphatic rings. The van der Waals surface area contributed by atoms with E-state index < -0.39 is 24.3 Å². The Morgan fingerprint density at radius 3 is 1.32 bits per heavy atom. The van der Waals surface area contributed by atoms with Gasteiger partial charge in [-0.05, 0) is 44.9 Å². The van der Waals surface area contributed by atoms with Crippen molar-refractivity contribution in [1.82, 2.24) is 0 Å². The summed E-state index contributed by atoms with van der Waals surface area (Å²) in [6.07, 6.45) is 45.3. The lowest BCUT2D eigenvalue weighted by Gasteiger charge is -2.25. The van der Waals surface area contributed by atoms with Gasteiger partial charge in [0.25, 0.3) is 6.29 Å². The highest BCUT2D eigenvalue weighted by Crippen LogP contribution is 2.16. The first-order chi connectivity index (χ1) is 29.1. The van der Waals surface area contributed by atoms with Crippen LogP contribution in [0.25, 0.3) is 0 Å². The van der Waals surface area contributed by atoms with Crippen molar-refractivity contribution in [3.63, 3.8) is 0 Å². The van der Waals surface area contributed by atoms with Crippen molar-refractivity contribution >= 4 is 17.9 Å². The van der Waals surface area contributed by atoms with Crippen LogP contribution in [0.3, 0.4) is 0 Å². The number of carbonyl (C=O) groups is 3. The van der Waals surface area contributed by atoms with Gasteiger partial charge in [-0.3, -0.25) is 9.59 Å². The van der Waals surface area contributed by atoms with Crippen LogP contribution in [0.2, 0.25) is 0 Å². The van der Waals surface area contributed by atoms with Gasteiger partial charge in [0, 0.05) is 12.8 Å². The molecule has 0 aromatic carbocycles. The Bertz CT molecular complexity index is 1040. The molecule has 0 saturated heterocycles. The average molecular weight is 851 g/mol. The van der Waals surface area contributed by atoms with E-state index in [0.717, 1.165) is 44.9 Å². The third kappa shape index (κ3) is 43.8. The largest absolute Gasteiger partial charge is 0.477 e.